The molecule has 3 heteroatoms. The van der Waals surface area contributed by atoms with Gasteiger partial charge in [0.2, 0.25) is 0 Å². The number of benzene rings is 1. The summed E-state index contributed by atoms with van der Waals surface area (Å²) in [6.07, 6.45) is 3.04. The van der Waals surface area contributed by atoms with Gasteiger partial charge in [0, 0.05) is 4.47 Å². The lowest BCUT2D eigenvalue weighted by Crippen LogP contribution is -2.23. The molecule has 0 bridgehead atoms. The predicted octanol–water partition coefficient (Wildman–Crippen LogP) is 3.57. The van der Waals surface area contributed by atoms with Gasteiger partial charge in [-0.1, -0.05) is 40.9 Å². The maximum Gasteiger partial charge on any atom is 0.0976 e. The molecular weight excluding hydrogens is 266 g/mol. The molecule has 1 unspecified atom stereocenters. The molecule has 1 fully saturated rings. The molecular formula is C13H14BrNO. The Morgan fingerprint density at radius 1 is 1.25 bits per heavy atom. The van der Waals surface area contributed by atoms with Gasteiger partial charge in [-0.25, -0.2) is 0 Å². The summed E-state index contributed by atoms with van der Waals surface area (Å²) in [6, 6.07) is 9.89. The third kappa shape index (κ3) is 2.00. The second kappa shape index (κ2) is 4.57. The van der Waals surface area contributed by atoms with E-state index >= 15 is 0 Å². The van der Waals surface area contributed by atoms with Crippen LogP contribution in [0.3, 0.4) is 0 Å². The number of halogens is 1. The fourth-order valence-corrected chi connectivity index (χ4v) is 2.68. The summed E-state index contributed by atoms with van der Waals surface area (Å²) in [6.45, 7) is 0. The summed E-state index contributed by atoms with van der Waals surface area (Å²) >= 11 is 3.36. The number of nitriles is 1. The zero-order valence-corrected chi connectivity index (χ0v) is 10.6. The highest BCUT2D eigenvalue weighted by Gasteiger charge is 2.41. The third-order valence-electron chi connectivity index (χ3n) is 3.43. The Labute approximate surface area is 104 Å². The lowest BCUT2D eigenvalue weighted by Gasteiger charge is -2.27. The van der Waals surface area contributed by atoms with Crippen LogP contribution in [0.4, 0.5) is 0 Å². The quantitative estimate of drug-likeness (QED) is 0.900. The van der Waals surface area contributed by atoms with Crippen molar-refractivity contribution in [2.45, 2.75) is 31.8 Å². The highest BCUT2D eigenvalue weighted by molar-refractivity contribution is 9.10. The van der Waals surface area contributed by atoms with Gasteiger partial charge in [0.25, 0.3) is 0 Å². The molecule has 0 saturated heterocycles. The molecule has 1 atom stereocenters. The number of hydrogen-bond acceptors (Lipinski definition) is 2. The lowest BCUT2D eigenvalue weighted by molar-refractivity contribution is 0.0671. The van der Waals surface area contributed by atoms with Crippen molar-refractivity contribution in [3.8, 4) is 6.07 Å². The molecule has 0 aliphatic heterocycles. The Morgan fingerprint density at radius 2 is 1.81 bits per heavy atom. The first-order valence-corrected chi connectivity index (χ1v) is 6.32. The van der Waals surface area contributed by atoms with Gasteiger partial charge in [0.05, 0.1) is 17.6 Å². The Morgan fingerprint density at radius 3 is 2.31 bits per heavy atom. The van der Waals surface area contributed by atoms with E-state index in [-0.39, 0.29) is 0 Å². The van der Waals surface area contributed by atoms with Gasteiger partial charge in [-0.05, 0) is 30.5 Å². The molecule has 0 aromatic heterocycles. The molecule has 16 heavy (non-hydrogen) atoms. The van der Waals surface area contributed by atoms with E-state index < -0.39 is 11.5 Å². The van der Waals surface area contributed by atoms with Crippen molar-refractivity contribution in [3.05, 3.63) is 34.3 Å². The van der Waals surface area contributed by atoms with Crippen molar-refractivity contribution in [3.63, 3.8) is 0 Å². The molecule has 2 rings (SSSR count). The zero-order chi connectivity index (χ0) is 11.6. The van der Waals surface area contributed by atoms with Crippen LogP contribution in [0, 0.1) is 16.7 Å². The van der Waals surface area contributed by atoms with Crippen LogP contribution in [0.25, 0.3) is 0 Å². The second-order valence-electron chi connectivity index (χ2n) is 4.43. The highest BCUT2D eigenvalue weighted by atomic mass is 79.9. The summed E-state index contributed by atoms with van der Waals surface area (Å²) in [5.74, 6) is 0. The molecule has 0 radical (unpaired) electrons. The first kappa shape index (κ1) is 11.6. The number of aliphatic hydroxyl groups is 1. The van der Waals surface area contributed by atoms with Crippen molar-refractivity contribution >= 4 is 15.9 Å². The molecule has 0 spiro atoms. The molecule has 1 saturated carbocycles. The maximum atomic E-state index is 10.3. The van der Waals surface area contributed by atoms with E-state index in [9.17, 15) is 10.4 Å². The van der Waals surface area contributed by atoms with E-state index in [2.05, 4.69) is 22.0 Å². The first-order valence-electron chi connectivity index (χ1n) is 5.53. The number of nitrogens with zero attached hydrogens (tertiary/aromatic N) is 1. The molecule has 1 aromatic carbocycles. The smallest absolute Gasteiger partial charge is 0.0976 e. The lowest BCUT2D eigenvalue weighted by atomic mass is 9.79. The summed E-state index contributed by atoms with van der Waals surface area (Å²) in [4.78, 5) is 0. The van der Waals surface area contributed by atoms with Crippen LogP contribution in [-0.4, -0.2) is 5.11 Å². The van der Waals surface area contributed by atoms with Crippen LogP contribution in [0.5, 0.6) is 0 Å². The Hall–Kier alpha value is -0.850. The highest BCUT2D eigenvalue weighted by Crippen LogP contribution is 2.47. The number of aliphatic hydroxyl groups excluding tert-OH is 1. The van der Waals surface area contributed by atoms with Gasteiger partial charge < -0.3 is 5.11 Å². The van der Waals surface area contributed by atoms with Crippen LogP contribution < -0.4 is 0 Å². The summed E-state index contributed by atoms with van der Waals surface area (Å²) in [5, 5.41) is 19.6. The van der Waals surface area contributed by atoms with Crippen molar-refractivity contribution < 1.29 is 5.11 Å². The van der Waals surface area contributed by atoms with Gasteiger partial charge in [-0.2, -0.15) is 5.26 Å². The largest absolute Gasteiger partial charge is 0.387 e. The van der Waals surface area contributed by atoms with Crippen LogP contribution in [0.15, 0.2) is 28.7 Å². The van der Waals surface area contributed by atoms with Gasteiger partial charge in [0.1, 0.15) is 0 Å². The molecule has 0 amide bonds. The van der Waals surface area contributed by atoms with Crippen LogP contribution in [0.2, 0.25) is 0 Å². The van der Waals surface area contributed by atoms with E-state index in [4.69, 9.17) is 0 Å². The van der Waals surface area contributed by atoms with Gasteiger partial charge in [-0.15, -0.1) is 0 Å². The first-order chi connectivity index (χ1) is 7.68. The zero-order valence-electron chi connectivity index (χ0n) is 8.99. The number of rotatable bonds is 2. The SMILES string of the molecule is N#CC1(C(O)c2ccc(Br)cc2)CCCC1. The van der Waals surface area contributed by atoms with E-state index in [1.54, 1.807) is 0 Å². The molecule has 0 heterocycles. The molecule has 84 valence electrons. The standard InChI is InChI=1S/C13H14BrNO/c14-11-5-3-10(4-6-11)12(16)13(9-15)7-1-2-8-13/h3-6,12,16H,1-2,7-8H2. The van der Waals surface area contributed by atoms with Gasteiger partial charge in [-0.3, -0.25) is 0 Å². The molecule has 1 aromatic rings. The van der Waals surface area contributed by atoms with E-state index in [1.165, 1.54) is 0 Å². The van der Waals surface area contributed by atoms with Crippen molar-refractivity contribution in [1.29, 1.82) is 5.26 Å². The predicted molar refractivity (Wildman–Crippen MR) is 65.6 cm³/mol. The minimum atomic E-state index is -0.659. The van der Waals surface area contributed by atoms with Crippen molar-refractivity contribution in [2.24, 2.45) is 5.41 Å². The Kier molecular flexibility index (Phi) is 3.32. The fourth-order valence-electron chi connectivity index (χ4n) is 2.42. The summed E-state index contributed by atoms with van der Waals surface area (Å²) in [7, 11) is 0. The average molecular weight is 280 g/mol. The van der Waals surface area contributed by atoms with E-state index in [0.29, 0.717) is 0 Å². The van der Waals surface area contributed by atoms with Crippen molar-refractivity contribution in [1.82, 2.24) is 0 Å². The topological polar surface area (TPSA) is 44.0 Å². The summed E-state index contributed by atoms with van der Waals surface area (Å²) in [5.41, 5.74) is 0.278. The maximum absolute atomic E-state index is 10.3. The minimum Gasteiger partial charge on any atom is -0.387 e. The van der Waals surface area contributed by atoms with Crippen LogP contribution in [-0.2, 0) is 0 Å². The normalized spacial score (nSPS) is 20.3. The van der Waals surface area contributed by atoms with Crippen molar-refractivity contribution in [2.75, 3.05) is 0 Å². The van der Waals surface area contributed by atoms with E-state index in [1.807, 2.05) is 24.3 Å². The molecule has 1 aliphatic carbocycles. The van der Waals surface area contributed by atoms with Crippen LogP contribution in [0.1, 0.15) is 37.4 Å². The summed E-state index contributed by atoms with van der Waals surface area (Å²) < 4.78 is 0.987. The average Bonchev–Trinajstić information content (AvgIpc) is 2.79. The molecule has 1 N–H and O–H groups in total. The monoisotopic (exact) mass is 279 g/mol. The number of hydrogen-bond donors (Lipinski definition) is 1. The van der Waals surface area contributed by atoms with Crippen LogP contribution >= 0.6 is 15.9 Å². The fraction of sp³-hybridized carbons (Fsp3) is 0.462. The third-order valence-corrected chi connectivity index (χ3v) is 3.96. The molecule has 2 nitrogen and oxygen atoms in total. The van der Waals surface area contributed by atoms with E-state index in [0.717, 1.165) is 35.7 Å². The van der Waals surface area contributed by atoms with Gasteiger partial charge >= 0.3 is 0 Å². The Balaban J connectivity index is 2.27. The van der Waals surface area contributed by atoms with Gasteiger partial charge in [0.15, 0.2) is 0 Å². The molecule has 1 aliphatic rings. The Bertz CT molecular complexity index is 401. The second-order valence-corrected chi connectivity index (χ2v) is 5.34. The minimum absolute atomic E-state index is 0.562.